The minimum atomic E-state index is -4.95. The maximum Gasteiger partial charge on any atom is 0.416 e. The molecule has 0 radical (unpaired) electrons. The first kappa shape index (κ1) is 30.1. The zero-order valence-electron chi connectivity index (χ0n) is 20.9. The van der Waals surface area contributed by atoms with Crippen molar-refractivity contribution in [2.45, 2.75) is 75.7 Å². The van der Waals surface area contributed by atoms with Crippen molar-refractivity contribution in [1.82, 2.24) is 5.32 Å². The molecule has 0 aliphatic carbocycles. The molecule has 4 N–H and O–H groups in total. The van der Waals surface area contributed by atoms with Crippen molar-refractivity contribution in [2.24, 2.45) is 5.73 Å². The average Bonchev–Trinajstić information content (AvgIpc) is 2.76. The van der Waals surface area contributed by atoms with Crippen LogP contribution in [0.25, 0.3) is 0 Å². The molecule has 1 saturated heterocycles. The van der Waals surface area contributed by atoms with Gasteiger partial charge in [-0.05, 0) is 69.9 Å². The number of rotatable bonds is 8. The number of hydrogen-bond donors (Lipinski definition) is 3. The standard InChI is InChI=1S/C26H34F6N2O2/c1-6-7-8-9-17(2)23(10-11-24(33,15-34-23)22(4,5)35)16-36-18(3)19-12-20(25(27,28)29)14-21(13-19)26(30,31)32/h6-9,12-14,18,34-35H,2,10-11,15-16,33H2,1,3-5H3/b7-6-,9-8-/t18-,23-,24+/m1/s1. The molecule has 0 amide bonds. The predicted octanol–water partition coefficient (Wildman–Crippen LogP) is 6.08. The molecule has 1 aliphatic rings. The molecule has 202 valence electrons. The molecule has 1 aromatic rings. The first-order valence-electron chi connectivity index (χ1n) is 11.5. The molecule has 1 heterocycles. The number of allylic oxidation sites excluding steroid dienone is 3. The summed E-state index contributed by atoms with van der Waals surface area (Å²) in [4.78, 5) is 0. The summed E-state index contributed by atoms with van der Waals surface area (Å²) in [6, 6.07) is 1.42. The lowest BCUT2D eigenvalue weighted by molar-refractivity contribution is -0.143. The summed E-state index contributed by atoms with van der Waals surface area (Å²) in [5, 5.41) is 13.8. The van der Waals surface area contributed by atoms with Gasteiger partial charge in [0.15, 0.2) is 0 Å². The first-order chi connectivity index (χ1) is 16.3. The van der Waals surface area contributed by atoms with E-state index in [1.165, 1.54) is 6.92 Å². The van der Waals surface area contributed by atoms with Crippen molar-refractivity contribution in [1.29, 1.82) is 0 Å². The van der Waals surface area contributed by atoms with E-state index in [2.05, 4.69) is 11.9 Å². The van der Waals surface area contributed by atoms with Crippen molar-refractivity contribution in [3.8, 4) is 0 Å². The lowest BCUT2D eigenvalue weighted by Crippen LogP contribution is -2.70. The smallest absolute Gasteiger partial charge is 0.389 e. The van der Waals surface area contributed by atoms with Gasteiger partial charge in [-0.15, -0.1) is 0 Å². The second kappa shape index (κ2) is 10.7. The molecule has 3 atom stereocenters. The van der Waals surface area contributed by atoms with Gasteiger partial charge in [0, 0.05) is 6.54 Å². The molecule has 1 aliphatic heterocycles. The number of hydrogen-bond acceptors (Lipinski definition) is 4. The van der Waals surface area contributed by atoms with Gasteiger partial charge in [-0.3, -0.25) is 0 Å². The molecule has 36 heavy (non-hydrogen) atoms. The number of ether oxygens (including phenoxy) is 1. The van der Waals surface area contributed by atoms with Crippen molar-refractivity contribution >= 4 is 0 Å². The Morgan fingerprint density at radius 3 is 2.08 bits per heavy atom. The van der Waals surface area contributed by atoms with Gasteiger partial charge in [-0.25, -0.2) is 0 Å². The van der Waals surface area contributed by atoms with E-state index in [1.807, 2.05) is 13.0 Å². The Labute approximate surface area is 207 Å². The normalized spacial score (nSPS) is 25.0. The fourth-order valence-corrected chi connectivity index (χ4v) is 3.97. The Hall–Kier alpha value is -2.14. The fraction of sp³-hybridized carbons (Fsp3) is 0.538. The Morgan fingerprint density at radius 2 is 1.67 bits per heavy atom. The zero-order chi connectivity index (χ0) is 27.6. The molecule has 0 saturated carbocycles. The van der Waals surface area contributed by atoms with Gasteiger partial charge in [-0.1, -0.05) is 30.9 Å². The van der Waals surface area contributed by atoms with E-state index in [9.17, 15) is 31.4 Å². The van der Waals surface area contributed by atoms with E-state index in [1.54, 1.807) is 32.1 Å². The highest BCUT2D eigenvalue weighted by Gasteiger charge is 2.48. The van der Waals surface area contributed by atoms with Crippen molar-refractivity contribution in [3.05, 3.63) is 71.3 Å². The minimum Gasteiger partial charge on any atom is -0.389 e. The summed E-state index contributed by atoms with van der Waals surface area (Å²) in [5.41, 5.74) is 0.920. The van der Waals surface area contributed by atoms with Crippen LogP contribution in [-0.4, -0.2) is 34.9 Å². The van der Waals surface area contributed by atoms with Crippen LogP contribution in [0.4, 0.5) is 26.3 Å². The number of alkyl halides is 6. The number of benzene rings is 1. The lowest BCUT2D eigenvalue weighted by Gasteiger charge is -2.50. The largest absolute Gasteiger partial charge is 0.416 e. The van der Waals surface area contributed by atoms with Gasteiger partial charge in [0.1, 0.15) is 0 Å². The third-order valence-corrected chi connectivity index (χ3v) is 6.83. The minimum absolute atomic E-state index is 0.0891. The van der Waals surface area contributed by atoms with E-state index in [-0.39, 0.29) is 24.8 Å². The number of halogens is 6. The molecular weight excluding hydrogens is 486 g/mol. The summed E-state index contributed by atoms with van der Waals surface area (Å²) in [5.74, 6) is 0. The maximum atomic E-state index is 13.3. The molecule has 4 nitrogen and oxygen atoms in total. The van der Waals surface area contributed by atoms with E-state index < -0.39 is 46.3 Å². The maximum absolute atomic E-state index is 13.3. The molecule has 0 spiro atoms. The molecular formula is C26H34F6N2O2. The van der Waals surface area contributed by atoms with Gasteiger partial charge in [0.2, 0.25) is 0 Å². The quantitative estimate of drug-likeness (QED) is 0.287. The summed E-state index contributed by atoms with van der Waals surface area (Å²) >= 11 is 0. The summed E-state index contributed by atoms with van der Waals surface area (Å²) < 4.78 is 85.6. The summed E-state index contributed by atoms with van der Waals surface area (Å²) in [7, 11) is 0. The van der Waals surface area contributed by atoms with Crippen molar-refractivity contribution in [2.75, 3.05) is 13.2 Å². The second-order valence-corrected chi connectivity index (χ2v) is 9.85. The highest BCUT2D eigenvalue weighted by Crippen LogP contribution is 2.39. The van der Waals surface area contributed by atoms with Gasteiger partial charge in [0.05, 0.1) is 40.5 Å². The molecule has 0 aromatic heterocycles. The Balaban J connectivity index is 2.35. The molecule has 1 aromatic carbocycles. The Morgan fingerprint density at radius 1 is 1.11 bits per heavy atom. The van der Waals surface area contributed by atoms with Crippen molar-refractivity contribution < 1.29 is 36.2 Å². The van der Waals surface area contributed by atoms with Crippen LogP contribution < -0.4 is 11.1 Å². The third-order valence-electron chi connectivity index (χ3n) is 6.83. The third kappa shape index (κ3) is 7.00. The lowest BCUT2D eigenvalue weighted by atomic mass is 9.70. The molecule has 1 fully saturated rings. The fourth-order valence-electron chi connectivity index (χ4n) is 3.97. The van der Waals surface area contributed by atoms with E-state index >= 15 is 0 Å². The highest BCUT2D eigenvalue weighted by molar-refractivity contribution is 5.35. The average molecular weight is 521 g/mol. The number of piperidine rings is 1. The topological polar surface area (TPSA) is 67.5 Å². The van der Waals surface area contributed by atoms with Gasteiger partial charge in [0.25, 0.3) is 0 Å². The van der Waals surface area contributed by atoms with Crippen LogP contribution in [0.15, 0.2) is 54.7 Å². The molecule has 2 rings (SSSR count). The van der Waals surface area contributed by atoms with Crippen LogP contribution >= 0.6 is 0 Å². The molecule has 0 bridgehead atoms. The monoisotopic (exact) mass is 520 g/mol. The van der Waals surface area contributed by atoms with Crippen LogP contribution in [0, 0.1) is 0 Å². The number of nitrogens with one attached hydrogen (secondary N) is 1. The second-order valence-electron chi connectivity index (χ2n) is 9.85. The zero-order valence-corrected chi connectivity index (χ0v) is 20.9. The Bertz CT molecular complexity index is 949. The van der Waals surface area contributed by atoms with Gasteiger partial charge in [-0.2, -0.15) is 26.3 Å². The number of aliphatic hydroxyl groups is 1. The van der Waals surface area contributed by atoms with E-state index in [0.717, 1.165) is 0 Å². The van der Waals surface area contributed by atoms with Crippen LogP contribution in [0.2, 0.25) is 0 Å². The van der Waals surface area contributed by atoms with E-state index in [4.69, 9.17) is 10.5 Å². The van der Waals surface area contributed by atoms with Gasteiger partial charge < -0.3 is 20.9 Å². The van der Waals surface area contributed by atoms with Crippen molar-refractivity contribution in [3.63, 3.8) is 0 Å². The SMILES string of the molecule is C=C(/C=C\C=C/C)[C@]1(CO[C@H](C)c2cc(C(F)(F)F)cc(C(F)(F)F)c2)CC[C@@](N)(C(C)(C)O)CN1. The first-order valence-corrected chi connectivity index (χ1v) is 11.5. The van der Waals surface area contributed by atoms with Gasteiger partial charge >= 0.3 is 12.4 Å². The van der Waals surface area contributed by atoms with Crippen LogP contribution in [0.5, 0.6) is 0 Å². The van der Waals surface area contributed by atoms with Crippen LogP contribution in [0.1, 0.15) is 63.3 Å². The Kier molecular flexibility index (Phi) is 8.93. The highest BCUT2D eigenvalue weighted by atomic mass is 19.4. The van der Waals surface area contributed by atoms with Crippen LogP contribution in [-0.2, 0) is 17.1 Å². The number of nitrogens with two attached hydrogens (primary N) is 1. The molecule has 10 heteroatoms. The summed E-state index contributed by atoms with van der Waals surface area (Å²) in [6.45, 7) is 10.7. The molecule has 0 unspecified atom stereocenters. The van der Waals surface area contributed by atoms with E-state index in [0.29, 0.717) is 30.5 Å². The predicted molar refractivity (Wildman–Crippen MR) is 127 cm³/mol. The summed E-state index contributed by atoms with van der Waals surface area (Å²) in [6.07, 6.45) is -3.12. The van der Waals surface area contributed by atoms with Crippen LogP contribution in [0.3, 0.4) is 0 Å².